The van der Waals surface area contributed by atoms with Crippen molar-refractivity contribution < 1.29 is 4.74 Å². The number of aromatic nitrogens is 2. The predicted molar refractivity (Wildman–Crippen MR) is 79.2 cm³/mol. The van der Waals surface area contributed by atoms with Gasteiger partial charge < -0.3 is 10.1 Å². The molecule has 1 aromatic carbocycles. The van der Waals surface area contributed by atoms with Gasteiger partial charge in [-0.25, -0.2) is 4.68 Å². The molecule has 0 saturated heterocycles. The molecule has 0 amide bonds. The number of nitrogens with one attached hydrogen (secondary N) is 1. The Morgan fingerprint density at radius 1 is 1.26 bits per heavy atom. The average Bonchev–Trinajstić information content (AvgIpc) is 2.66. The lowest BCUT2D eigenvalue weighted by Gasteiger charge is -2.07. The fraction of sp³-hybridized carbons (Fsp3) is 0.357. The van der Waals surface area contributed by atoms with E-state index in [1.807, 2.05) is 26.1 Å². The van der Waals surface area contributed by atoms with E-state index in [0.717, 1.165) is 34.7 Å². The summed E-state index contributed by atoms with van der Waals surface area (Å²) in [5.74, 6) is 0.820. The van der Waals surface area contributed by atoms with Gasteiger partial charge in [-0.05, 0) is 24.6 Å². The Kier molecular flexibility index (Phi) is 4.61. The molecular weight excluding hydrogens is 306 g/mol. The monoisotopic (exact) mass is 323 g/mol. The van der Waals surface area contributed by atoms with Gasteiger partial charge >= 0.3 is 0 Å². The summed E-state index contributed by atoms with van der Waals surface area (Å²) in [4.78, 5) is 0. The van der Waals surface area contributed by atoms with Crippen LogP contribution < -0.4 is 10.1 Å². The van der Waals surface area contributed by atoms with E-state index in [1.165, 1.54) is 5.56 Å². The molecule has 19 heavy (non-hydrogen) atoms. The van der Waals surface area contributed by atoms with Crippen molar-refractivity contribution in [2.24, 2.45) is 7.05 Å². The van der Waals surface area contributed by atoms with Crippen molar-refractivity contribution in [2.75, 3.05) is 7.11 Å². The van der Waals surface area contributed by atoms with E-state index >= 15 is 0 Å². The molecule has 1 heterocycles. The summed E-state index contributed by atoms with van der Waals surface area (Å²) < 4.78 is 8.24. The third-order valence-corrected chi connectivity index (χ3v) is 3.55. The Morgan fingerprint density at radius 3 is 2.58 bits per heavy atom. The lowest BCUT2D eigenvalue weighted by atomic mass is 10.2. The van der Waals surface area contributed by atoms with Crippen LogP contribution in [-0.2, 0) is 20.1 Å². The number of hydrogen-bond donors (Lipinski definition) is 1. The molecule has 5 heteroatoms. The molecule has 0 spiro atoms. The molecular formula is C14H18BrN3O. The van der Waals surface area contributed by atoms with Crippen LogP contribution in [0.15, 0.2) is 28.7 Å². The SMILES string of the molecule is COc1c(CNCc2ccc(Br)cc2)c(C)nn1C. The number of rotatable bonds is 5. The van der Waals surface area contributed by atoms with Crippen LogP contribution in [0.2, 0.25) is 0 Å². The van der Waals surface area contributed by atoms with Crippen LogP contribution in [0, 0.1) is 6.92 Å². The second-order valence-electron chi connectivity index (χ2n) is 4.43. The molecule has 102 valence electrons. The number of halogens is 1. The van der Waals surface area contributed by atoms with Crippen molar-refractivity contribution in [2.45, 2.75) is 20.0 Å². The summed E-state index contributed by atoms with van der Waals surface area (Å²) in [6, 6.07) is 8.30. The Balaban J connectivity index is 1.97. The molecule has 0 radical (unpaired) electrons. The number of benzene rings is 1. The predicted octanol–water partition coefficient (Wildman–Crippen LogP) is 2.79. The van der Waals surface area contributed by atoms with Crippen LogP contribution in [0.5, 0.6) is 5.88 Å². The first-order valence-corrected chi connectivity index (χ1v) is 6.92. The van der Waals surface area contributed by atoms with Crippen molar-refractivity contribution in [3.63, 3.8) is 0 Å². The molecule has 0 saturated carbocycles. The second kappa shape index (κ2) is 6.21. The van der Waals surface area contributed by atoms with Crippen LogP contribution in [0.4, 0.5) is 0 Å². The van der Waals surface area contributed by atoms with E-state index in [2.05, 4.69) is 38.5 Å². The lowest BCUT2D eigenvalue weighted by Crippen LogP contribution is -2.13. The van der Waals surface area contributed by atoms with Crippen LogP contribution in [-0.4, -0.2) is 16.9 Å². The molecule has 0 aliphatic heterocycles. The maximum Gasteiger partial charge on any atom is 0.216 e. The minimum absolute atomic E-state index is 0.749. The first-order valence-electron chi connectivity index (χ1n) is 6.13. The smallest absolute Gasteiger partial charge is 0.216 e. The number of hydrogen-bond acceptors (Lipinski definition) is 3. The Bertz CT molecular complexity index is 549. The molecule has 0 aliphatic rings. The maximum absolute atomic E-state index is 5.37. The summed E-state index contributed by atoms with van der Waals surface area (Å²) >= 11 is 3.43. The van der Waals surface area contributed by atoms with Crippen LogP contribution in [0.1, 0.15) is 16.8 Å². The van der Waals surface area contributed by atoms with Gasteiger partial charge in [0, 0.05) is 24.6 Å². The van der Waals surface area contributed by atoms with E-state index < -0.39 is 0 Å². The largest absolute Gasteiger partial charge is 0.481 e. The van der Waals surface area contributed by atoms with Gasteiger partial charge in [0.05, 0.1) is 18.4 Å². The first kappa shape index (κ1) is 14.1. The third kappa shape index (κ3) is 3.36. The summed E-state index contributed by atoms with van der Waals surface area (Å²) in [7, 11) is 3.57. The molecule has 2 aromatic rings. The van der Waals surface area contributed by atoms with Crippen LogP contribution >= 0.6 is 15.9 Å². The molecule has 0 bridgehead atoms. The molecule has 1 N–H and O–H groups in total. The molecule has 4 nitrogen and oxygen atoms in total. The quantitative estimate of drug-likeness (QED) is 0.919. The van der Waals surface area contributed by atoms with E-state index in [9.17, 15) is 0 Å². The zero-order valence-electron chi connectivity index (χ0n) is 11.4. The minimum atomic E-state index is 0.749. The van der Waals surface area contributed by atoms with Gasteiger partial charge in [-0.3, -0.25) is 0 Å². The lowest BCUT2D eigenvalue weighted by molar-refractivity contribution is 0.368. The summed E-state index contributed by atoms with van der Waals surface area (Å²) in [6.07, 6.45) is 0. The van der Waals surface area contributed by atoms with Gasteiger partial charge in [-0.15, -0.1) is 0 Å². The van der Waals surface area contributed by atoms with Crippen LogP contribution in [0.25, 0.3) is 0 Å². The third-order valence-electron chi connectivity index (χ3n) is 3.03. The van der Waals surface area contributed by atoms with Crippen molar-refractivity contribution in [1.82, 2.24) is 15.1 Å². The number of ether oxygens (including phenoxy) is 1. The van der Waals surface area contributed by atoms with Gasteiger partial charge in [0.2, 0.25) is 5.88 Å². The van der Waals surface area contributed by atoms with E-state index in [0.29, 0.717) is 0 Å². The molecule has 2 rings (SSSR count). The Morgan fingerprint density at radius 2 is 1.95 bits per heavy atom. The normalized spacial score (nSPS) is 10.7. The van der Waals surface area contributed by atoms with Crippen molar-refractivity contribution >= 4 is 15.9 Å². The van der Waals surface area contributed by atoms with Gasteiger partial charge in [-0.1, -0.05) is 28.1 Å². The first-order chi connectivity index (χ1) is 9.11. The maximum atomic E-state index is 5.37. The van der Waals surface area contributed by atoms with Gasteiger partial charge in [0.1, 0.15) is 0 Å². The van der Waals surface area contributed by atoms with Gasteiger partial charge in [-0.2, -0.15) is 5.10 Å². The number of methoxy groups -OCH3 is 1. The fourth-order valence-electron chi connectivity index (χ4n) is 2.07. The summed E-state index contributed by atoms with van der Waals surface area (Å²) in [5, 5.41) is 7.78. The van der Waals surface area contributed by atoms with Crippen molar-refractivity contribution in [3.8, 4) is 5.88 Å². The number of nitrogens with zero attached hydrogens (tertiary/aromatic N) is 2. The highest BCUT2D eigenvalue weighted by Crippen LogP contribution is 2.20. The average molecular weight is 324 g/mol. The zero-order valence-corrected chi connectivity index (χ0v) is 13.0. The highest BCUT2D eigenvalue weighted by Gasteiger charge is 2.12. The fourth-order valence-corrected chi connectivity index (χ4v) is 2.34. The molecule has 0 atom stereocenters. The van der Waals surface area contributed by atoms with Crippen molar-refractivity contribution in [3.05, 3.63) is 45.6 Å². The van der Waals surface area contributed by atoms with E-state index in [1.54, 1.807) is 11.8 Å². The van der Waals surface area contributed by atoms with E-state index in [4.69, 9.17) is 4.74 Å². The molecule has 0 fully saturated rings. The molecule has 0 aliphatic carbocycles. The zero-order chi connectivity index (χ0) is 13.8. The molecule has 0 unspecified atom stereocenters. The highest BCUT2D eigenvalue weighted by molar-refractivity contribution is 9.10. The standard InChI is InChI=1S/C14H18BrN3O/c1-10-13(14(19-3)18(2)17-10)9-16-8-11-4-6-12(15)7-5-11/h4-7,16H,8-9H2,1-3H3. The summed E-state index contributed by atoms with van der Waals surface area (Å²) in [6.45, 7) is 3.57. The van der Waals surface area contributed by atoms with Crippen LogP contribution in [0.3, 0.4) is 0 Å². The second-order valence-corrected chi connectivity index (χ2v) is 5.34. The van der Waals surface area contributed by atoms with Crippen molar-refractivity contribution in [1.29, 1.82) is 0 Å². The Hall–Kier alpha value is -1.33. The number of aryl methyl sites for hydroxylation is 2. The minimum Gasteiger partial charge on any atom is -0.481 e. The van der Waals surface area contributed by atoms with Gasteiger partial charge in [0.25, 0.3) is 0 Å². The summed E-state index contributed by atoms with van der Waals surface area (Å²) in [5.41, 5.74) is 3.37. The topological polar surface area (TPSA) is 39.1 Å². The highest BCUT2D eigenvalue weighted by atomic mass is 79.9. The van der Waals surface area contributed by atoms with Gasteiger partial charge in [0.15, 0.2) is 0 Å². The molecule has 1 aromatic heterocycles. The Labute approximate surface area is 121 Å². The van der Waals surface area contributed by atoms with E-state index in [-0.39, 0.29) is 0 Å².